The summed E-state index contributed by atoms with van der Waals surface area (Å²) in [7, 11) is 0. The first-order valence-electron chi connectivity index (χ1n) is 8.22. The van der Waals surface area contributed by atoms with Crippen LogP contribution in [0, 0.1) is 0 Å². The van der Waals surface area contributed by atoms with Crippen LogP contribution >= 0.6 is 0 Å². The smallest absolute Gasteiger partial charge is 0.153 e. The maximum Gasteiger partial charge on any atom is 0.153 e. The van der Waals surface area contributed by atoms with Gasteiger partial charge in [0.15, 0.2) is 5.75 Å². The second-order valence-corrected chi connectivity index (χ2v) is 5.95. The van der Waals surface area contributed by atoms with Gasteiger partial charge in [0.25, 0.3) is 0 Å². The van der Waals surface area contributed by atoms with Crippen molar-refractivity contribution < 1.29 is 5.11 Å². The number of rotatable bonds is 4. The van der Waals surface area contributed by atoms with Crippen molar-refractivity contribution >= 4 is 0 Å². The fourth-order valence-electron chi connectivity index (χ4n) is 3.43. The predicted octanol–water partition coefficient (Wildman–Crippen LogP) is 4.43. The Morgan fingerprint density at radius 2 is 1.04 bits per heavy atom. The Hall–Kier alpha value is -3.33. The molecule has 1 N–H and O–H groups in total. The summed E-state index contributed by atoms with van der Waals surface area (Å²) in [5, 5.41) is 14.5. The van der Waals surface area contributed by atoms with Gasteiger partial charge in [-0.3, -0.25) is 0 Å². The maximum atomic E-state index is 9.97. The first kappa shape index (κ1) is 15.2. The van der Waals surface area contributed by atoms with Crippen molar-refractivity contribution in [1.29, 1.82) is 0 Å². The SMILES string of the molecule is Oc1cnn(C(c2ccccc2)(c2ccccc2)c2ccccc2)c1. The zero-order valence-electron chi connectivity index (χ0n) is 13.7. The summed E-state index contributed by atoms with van der Waals surface area (Å²) in [5.41, 5.74) is 2.58. The monoisotopic (exact) mass is 326 g/mol. The summed E-state index contributed by atoms with van der Waals surface area (Å²) in [6.45, 7) is 0. The number of nitrogens with zero attached hydrogens (tertiary/aromatic N) is 2. The van der Waals surface area contributed by atoms with Gasteiger partial charge in [0, 0.05) is 0 Å². The number of benzene rings is 3. The third-order valence-corrected chi connectivity index (χ3v) is 4.49. The van der Waals surface area contributed by atoms with E-state index in [2.05, 4.69) is 41.5 Å². The van der Waals surface area contributed by atoms with Crippen molar-refractivity contribution in [3.8, 4) is 5.75 Å². The van der Waals surface area contributed by atoms with E-state index in [1.807, 2.05) is 59.3 Å². The first-order valence-corrected chi connectivity index (χ1v) is 8.22. The van der Waals surface area contributed by atoms with Gasteiger partial charge < -0.3 is 5.11 Å². The third kappa shape index (κ3) is 2.50. The molecule has 0 amide bonds. The molecule has 0 atom stereocenters. The van der Waals surface area contributed by atoms with Gasteiger partial charge in [-0.25, -0.2) is 4.68 Å². The topological polar surface area (TPSA) is 38.1 Å². The highest BCUT2D eigenvalue weighted by atomic mass is 16.3. The highest BCUT2D eigenvalue weighted by Crippen LogP contribution is 2.40. The predicted molar refractivity (Wildman–Crippen MR) is 98.5 cm³/mol. The van der Waals surface area contributed by atoms with Crippen LogP contribution in [0.1, 0.15) is 16.7 Å². The number of hydrogen-bond acceptors (Lipinski definition) is 2. The Morgan fingerprint density at radius 3 is 1.36 bits per heavy atom. The van der Waals surface area contributed by atoms with E-state index >= 15 is 0 Å². The van der Waals surface area contributed by atoms with Crippen LogP contribution in [-0.4, -0.2) is 14.9 Å². The van der Waals surface area contributed by atoms with Crippen LogP contribution in [-0.2, 0) is 5.54 Å². The van der Waals surface area contributed by atoms with Crippen molar-refractivity contribution in [3.63, 3.8) is 0 Å². The van der Waals surface area contributed by atoms with Crippen LogP contribution in [0.5, 0.6) is 5.75 Å². The third-order valence-electron chi connectivity index (χ3n) is 4.49. The second kappa shape index (κ2) is 6.29. The minimum absolute atomic E-state index is 0.146. The van der Waals surface area contributed by atoms with Gasteiger partial charge in [0.1, 0.15) is 5.54 Å². The molecule has 0 saturated carbocycles. The minimum Gasteiger partial charge on any atom is -0.505 e. The molecule has 0 aliphatic carbocycles. The summed E-state index contributed by atoms with van der Waals surface area (Å²) in [6, 6.07) is 30.8. The van der Waals surface area contributed by atoms with Crippen molar-refractivity contribution in [2.24, 2.45) is 0 Å². The van der Waals surface area contributed by atoms with E-state index in [9.17, 15) is 5.11 Å². The van der Waals surface area contributed by atoms with Crippen molar-refractivity contribution in [2.45, 2.75) is 5.54 Å². The summed E-state index contributed by atoms with van der Waals surface area (Å²) >= 11 is 0. The molecule has 0 aliphatic heterocycles. The molecule has 1 aromatic heterocycles. The number of aromatic hydroxyl groups is 1. The fraction of sp³-hybridized carbons (Fsp3) is 0.0455. The molecule has 0 unspecified atom stereocenters. The van der Waals surface area contributed by atoms with Gasteiger partial charge in [0.2, 0.25) is 0 Å². The Labute approximate surface area is 146 Å². The molecule has 0 saturated heterocycles. The van der Waals surface area contributed by atoms with Gasteiger partial charge in [-0.1, -0.05) is 91.0 Å². The first-order chi connectivity index (χ1) is 12.3. The molecule has 3 aromatic carbocycles. The molecule has 3 heteroatoms. The summed E-state index contributed by atoms with van der Waals surface area (Å²) in [5.74, 6) is 0.146. The van der Waals surface area contributed by atoms with E-state index in [4.69, 9.17) is 0 Å². The van der Waals surface area contributed by atoms with Crippen LogP contribution in [0.25, 0.3) is 0 Å². The van der Waals surface area contributed by atoms with Crippen LogP contribution in [0.3, 0.4) is 0 Å². The van der Waals surface area contributed by atoms with E-state index in [0.717, 1.165) is 16.7 Å². The van der Waals surface area contributed by atoms with Gasteiger partial charge in [-0.2, -0.15) is 5.10 Å². The van der Waals surface area contributed by atoms with Gasteiger partial charge >= 0.3 is 0 Å². The maximum absolute atomic E-state index is 9.97. The van der Waals surface area contributed by atoms with Crippen molar-refractivity contribution in [1.82, 2.24) is 9.78 Å². The number of hydrogen-bond donors (Lipinski definition) is 1. The summed E-state index contributed by atoms with van der Waals surface area (Å²) < 4.78 is 1.84. The molecule has 0 spiro atoms. The molecular weight excluding hydrogens is 308 g/mol. The second-order valence-electron chi connectivity index (χ2n) is 5.95. The summed E-state index contributed by atoms with van der Waals surface area (Å²) in [6.07, 6.45) is 3.15. The molecule has 0 radical (unpaired) electrons. The molecule has 1 heterocycles. The average Bonchev–Trinajstić information content (AvgIpc) is 3.12. The quantitative estimate of drug-likeness (QED) is 0.563. The van der Waals surface area contributed by atoms with E-state index in [0.29, 0.717) is 0 Å². The lowest BCUT2D eigenvalue weighted by molar-refractivity contribution is 0.447. The Kier molecular flexibility index (Phi) is 3.82. The van der Waals surface area contributed by atoms with Crippen LogP contribution in [0.2, 0.25) is 0 Å². The minimum atomic E-state index is -0.662. The molecule has 25 heavy (non-hydrogen) atoms. The van der Waals surface area contributed by atoms with E-state index in [-0.39, 0.29) is 5.75 Å². The van der Waals surface area contributed by atoms with Gasteiger partial charge in [-0.05, 0) is 16.7 Å². The fourth-order valence-corrected chi connectivity index (χ4v) is 3.43. The molecular formula is C22H18N2O. The lowest BCUT2D eigenvalue weighted by Gasteiger charge is -2.36. The highest BCUT2D eigenvalue weighted by Gasteiger charge is 2.39. The van der Waals surface area contributed by atoms with Gasteiger partial charge in [0.05, 0.1) is 12.4 Å². The highest BCUT2D eigenvalue weighted by molar-refractivity contribution is 5.50. The van der Waals surface area contributed by atoms with Crippen LogP contribution in [0.15, 0.2) is 103 Å². The van der Waals surface area contributed by atoms with E-state index in [1.54, 1.807) is 6.20 Å². The van der Waals surface area contributed by atoms with Crippen LogP contribution in [0.4, 0.5) is 0 Å². The molecule has 122 valence electrons. The average molecular weight is 326 g/mol. The van der Waals surface area contributed by atoms with Crippen LogP contribution < -0.4 is 0 Å². The standard InChI is InChI=1S/C22H18N2O/c25-21-16-23-24(17-21)22(18-10-4-1-5-11-18,19-12-6-2-7-13-19)20-14-8-3-9-15-20/h1-17,25H. The Balaban J connectivity index is 2.12. The summed E-state index contributed by atoms with van der Waals surface area (Å²) in [4.78, 5) is 0. The van der Waals surface area contributed by atoms with E-state index < -0.39 is 5.54 Å². The largest absolute Gasteiger partial charge is 0.505 e. The lowest BCUT2D eigenvalue weighted by atomic mass is 9.77. The zero-order valence-corrected chi connectivity index (χ0v) is 13.7. The molecule has 3 nitrogen and oxygen atoms in total. The lowest BCUT2D eigenvalue weighted by Crippen LogP contribution is -2.38. The van der Waals surface area contributed by atoms with Gasteiger partial charge in [-0.15, -0.1) is 0 Å². The Morgan fingerprint density at radius 1 is 0.640 bits per heavy atom. The molecule has 0 fully saturated rings. The van der Waals surface area contributed by atoms with Crippen molar-refractivity contribution in [2.75, 3.05) is 0 Å². The molecule has 0 aliphatic rings. The van der Waals surface area contributed by atoms with Crippen molar-refractivity contribution in [3.05, 3.63) is 120 Å². The normalized spacial score (nSPS) is 11.4. The molecule has 4 rings (SSSR count). The van der Waals surface area contributed by atoms with E-state index in [1.165, 1.54) is 6.20 Å². The zero-order chi connectivity index (χ0) is 17.1. The Bertz CT molecular complexity index is 850. The number of aromatic nitrogens is 2. The molecule has 4 aromatic rings. The molecule has 0 bridgehead atoms.